The summed E-state index contributed by atoms with van der Waals surface area (Å²) in [5.41, 5.74) is 1.22. The van der Waals surface area contributed by atoms with Crippen LogP contribution in [0.25, 0.3) is 0 Å². The Morgan fingerprint density at radius 1 is 1.27 bits per heavy atom. The van der Waals surface area contributed by atoms with Gasteiger partial charge in [0.15, 0.2) is 5.78 Å². The largest absolute Gasteiger partial charge is 0.458 e. The van der Waals surface area contributed by atoms with E-state index in [4.69, 9.17) is 4.74 Å². The second-order valence-corrected chi connectivity index (χ2v) is 7.47. The zero-order chi connectivity index (χ0) is 19.9. The summed E-state index contributed by atoms with van der Waals surface area (Å²) in [5.74, 6) is -0.378. The van der Waals surface area contributed by atoms with Gasteiger partial charge in [-0.05, 0) is 43.8 Å². The van der Waals surface area contributed by atoms with Crippen LogP contribution in [-0.4, -0.2) is 29.1 Å². The van der Waals surface area contributed by atoms with Crippen LogP contribution < -0.4 is 0 Å². The Bertz CT molecular complexity index is 622. The predicted molar refractivity (Wildman–Crippen MR) is 104 cm³/mol. The molecule has 26 heavy (non-hydrogen) atoms. The average Bonchev–Trinajstić information content (AvgIpc) is 2.51. The summed E-state index contributed by atoms with van der Waals surface area (Å²) in [6, 6.07) is 0. The minimum absolute atomic E-state index is 0.294. The van der Waals surface area contributed by atoms with Crippen LogP contribution in [-0.2, 0) is 14.3 Å². The smallest absolute Gasteiger partial charge is 0.303 e. The van der Waals surface area contributed by atoms with Crippen LogP contribution in [0.5, 0.6) is 0 Å². The van der Waals surface area contributed by atoms with Gasteiger partial charge in [0.2, 0.25) is 0 Å². The molecule has 0 bridgehead atoms. The van der Waals surface area contributed by atoms with Crippen LogP contribution >= 0.6 is 0 Å². The lowest BCUT2D eigenvalue weighted by Gasteiger charge is -2.32. The number of allylic oxidation sites excluding steroid dienone is 5. The lowest BCUT2D eigenvalue weighted by Crippen LogP contribution is -2.43. The summed E-state index contributed by atoms with van der Waals surface area (Å²) in [6.07, 6.45) is 11.0. The van der Waals surface area contributed by atoms with Crippen molar-refractivity contribution in [2.24, 2.45) is 17.8 Å². The monoisotopic (exact) mass is 360 g/mol. The van der Waals surface area contributed by atoms with Crippen LogP contribution in [0.4, 0.5) is 0 Å². The molecular weight excluding hydrogens is 328 g/mol. The van der Waals surface area contributed by atoms with Crippen molar-refractivity contribution in [2.75, 3.05) is 0 Å². The molecule has 144 valence electrons. The first-order valence-corrected chi connectivity index (χ1v) is 9.23. The highest BCUT2D eigenvalue weighted by molar-refractivity contribution is 5.99. The third-order valence-corrected chi connectivity index (χ3v) is 4.41. The van der Waals surface area contributed by atoms with Gasteiger partial charge in [0.25, 0.3) is 0 Å². The van der Waals surface area contributed by atoms with E-state index in [1.807, 2.05) is 19.1 Å². The van der Waals surface area contributed by atoms with Crippen molar-refractivity contribution in [1.29, 1.82) is 0 Å². The Labute approximate surface area is 157 Å². The third kappa shape index (κ3) is 6.75. The quantitative estimate of drug-likeness (QED) is 0.420. The van der Waals surface area contributed by atoms with Crippen molar-refractivity contribution < 1.29 is 19.4 Å². The van der Waals surface area contributed by atoms with Gasteiger partial charge in [0.1, 0.15) is 12.2 Å². The maximum Gasteiger partial charge on any atom is 0.303 e. The molecule has 0 radical (unpaired) electrons. The van der Waals surface area contributed by atoms with Gasteiger partial charge in [0, 0.05) is 6.92 Å². The molecule has 0 fully saturated rings. The number of Topliss-reactive ketones (excluding diaryl/α,β-unsaturated/α-hetero) is 1. The summed E-state index contributed by atoms with van der Waals surface area (Å²) < 4.78 is 5.31. The highest BCUT2D eigenvalue weighted by atomic mass is 16.5. The van der Waals surface area contributed by atoms with Gasteiger partial charge in [-0.3, -0.25) is 9.59 Å². The Morgan fingerprint density at radius 2 is 1.92 bits per heavy atom. The molecule has 0 aromatic rings. The van der Waals surface area contributed by atoms with Crippen LogP contribution in [0.2, 0.25) is 0 Å². The van der Waals surface area contributed by atoms with Gasteiger partial charge in [-0.25, -0.2) is 0 Å². The lowest BCUT2D eigenvalue weighted by atomic mass is 9.79. The molecule has 0 spiro atoms. The topological polar surface area (TPSA) is 63.6 Å². The van der Waals surface area contributed by atoms with Crippen molar-refractivity contribution in [3.63, 3.8) is 0 Å². The molecule has 0 aliphatic heterocycles. The van der Waals surface area contributed by atoms with E-state index in [2.05, 4.69) is 39.0 Å². The van der Waals surface area contributed by atoms with Crippen LogP contribution in [0, 0.1) is 17.8 Å². The van der Waals surface area contributed by atoms with E-state index in [1.165, 1.54) is 6.92 Å². The van der Waals surface area contributed by atoms with E-state index in [-0.39, 0.29) is 5.78 Å². The molecule has 1 aliphatic rings. The van der Waals surface area contributed by atoms with E-state index >= 15 is 0 Å². The van der Waals surface area contributed by atoms with E-state index in [0.717, 1.165) is 12.0 Å². The summed E-state index contributed by atoms with van der Waals surface area (Å²) in [7, 11) is 0. The van der Waals surface area contributed by atoms with Crippen molar-refractivity contribution >= 4 is 11.8 Å². The van der Waals surface area contributed by atoms with Crippen LogP contribution in [0.15, 0.2) is 47.6 Å². The van der Waals surface area contributed by atoms with Crippen LogP contribution in [0.1, 0.15) is 48.0 Å². The molecule has 4 heteroatoms. The molecule has 0 saturated heterocycles. The minimum Gasteiger partial charge on any atom is -0.458 e. The molecule has 0 heterocycles. The number of hydrogen-bond donors (Lipinski definition) is 1. The predicted octanol–water partition coefficient (Wildman–Crippen LogP) is 4.17. The fourth-order valence-electron chi connectivity index (χ4n) is 2.94. The van der Waals surface area contributed by atoms with Gasteiger partial charge in [-0.2, -0.15) is 0 Å². The zero-order valence-electron chi connectivity index (χ0n) is 16.7. The first-order chi connectivity index (χ1) is 12.1. The summed E-state index contributed by atoms with van der Waals surface area (Å²) >= 11 is 0. The number of carbonyl (C=O) groups excluding carboxylic acids is 2. The molecule has 1 aliphatic carbocycles. The minimum atomic E-state index is -1.20. The second kappa shape index (κ2) is 10.3. The van der Waals surface area contributed by atoms with Gasteiger partial charge < -0.3 is 9.84 Å². The van der Waals surface area contributed by atoms with E-state index in [0.29, 0.717) is 17.4 Å². The van der Waals surface area contributed by atoms with Crippen molar-refractivity contribution in [1.82, 2.24) is 0 Å². The Kier molecular flexibility index (Phi) is 8.73. The normalized spacial score (nSPS) is 25.8. The average molecular weight is 360 g/mol. The Balaban J connectivity index is 2.89. The first-order valence-electron chi connectivity index (χ1n) is 9.23. The molecule has 0 saturated carbocycles. The van der Waals surface area contributed by atoms with Gasteiger partial charge in [0.05, 0.1) is 5.92 Å². The molecule has 1 N–H and O–H groups in total. The third-order valence-electron chi connectivity index (χ3n) is 4.41. The molecule has 4 nitrogen and oxygen atoms in total. The fraction of sp³-hybridized carbons (Fsp3) is 0.545. The summed E-state index contributed by atoms with van der Waals surface area (Å²) in [5, 5.41) is 10.4. The number of esters is 1. The number of aliphatic hydroxyl groups is 1. The standard InChI is InChI=1S/C22H32O4/c1-14(2)9-7-10-15(3)11-8-12-16(4)20-19(26-18(6)23)13-17(5)21(24)22(20)25/h7-8,10-15,19-20,22,25H,9H2,1-6H3/b10-7+,11-8+,16-12+/t15?,19-,20-,22+/m0/s1. The lowest BCUT2D eigenvalue weighted by molar-refractivity contribution is -0.150. The molecule has 0 aromatic carbocycles. The fourth-order valence-corrected chi connectivity index (χ4v) is 2.94. The Hall–Kier alpha value is -1.94. The number of carbonyl (C=O) groups is 2. The maximum atomic E-state index is 12.1. The second-order valence-electron chi connectivity index (χ2n) is 7.47. The van der Waals surface area contributed by atoms with E-state index in [9.17, 15) is 14.7 Å². The number of aliphatic hydroxyl groups excluding tert-OH is 1. The molecule has 1 rings (SSSR count). The van der Waals surface area contributed by atoms with Gasteiger partial charge >= 0.3 is 5.97 Å². The highest BCUT2D eigenvalue weighted by Crippen LogP contribution is 2.30. The molecule has 1 unspecified atom stereocenters. The first kappa shape index (κ1) is 22.1. The SMILES string of the molecule is CC(=O)O[C@H]1C=C(C)C(=O)[C@H](O)[C@H]1/C(C)=C/C=C/C(C)/C=C/CC(C)C. The summed E-state index contributed by atoms with van der Waals surface area (Å²) in [6.45, 7) is 11.3. The molecular formula is C22H32O4. The van der Waals surface area contributed by atoms with E-state index < -0.39 is 24.1 Å². The number of ether oxygens (including phenoxy) is 1. The number of hydrogen-bond acceptors (Lipinski definition) is 4. The van der Waals surface area contributed by atoms with Crippen molar-refractivity contribution in [3.8, 4) is 0 Å². The van der Waals surface area contributed by atoms with Crippen LogP contribution in [0.3, 0.4) is 0 Å². The Morgan fingerprint density at radius 3 is 2.50 bits per heavy atom. The number of rotatable bonds is 7. The maximum absolute atomic E-state index is 12.1. The zero-order valence-corrected chi connectivity index (χ0v) is 16.7. The summed E-state index contributed by atoms with van der Waals surface area (Å²) in [4.78, 5) is 23.5. The number of ketones is 1. The molecule has 0 aromatic heterocycles. The van der Waals surface area contributed by atoms with E-state index in [1.54, 1.807) is 13.0 Å². The van der Waals surface area contributed by atoms with Crippen molar-refractivity contribution in [3.05, 3.63) is 47.6 Å². The van der Waals surface area contributed by atoms with Gasteiger partial charge in [-0.1, -0.05) is 56.7 Å². The van der Waals surface area contributed by atoms with Crippen molar-refractivity contribution in [2.45, 2.75) is 60.2 Å². The van der Waals surface area contributed by atoms with Gasteiger partial charge in [-0.15, -0.1) is 0 Å². The molecule has 0 amide bonds. The molecule has 4 atom stereocenters. The highest BCUT2D eigenvalue weighted by Gasteiger charge is 2.39.